The van der Waals surface area contributed by atoms with Crippen LogP contribution >= 0.6 is 11.3 Å². The lowest BCUT2D eigenvalue weighted by atomic mass is 10.2. The van der Waals surface area contributed by atoms with Gasteiger partial charge in [-0.1, -0.05) is 30.3 Å². The SMILES string of the molecule is Cc1nc(Cc2ccccc2)sc1C(=O)N1CCN(c2ncccn2)CC1. The van der Waals surface area contributed by atoms with Crippen LogP contribution in [0, 0.1) is 6.92 Å². The molecule has 0 saturated carbocycles. The van der Waals surface area contributed by atoms with Gasteiger partial charge < -0.3 is 9.80 Å². The van der Waals surface area contributed by atoms with E-state index in [-0.39, 0.29) is 5.91 Å². The third kappa shape index (κ3) is 3.98. The second-order valence-electron chi connectivity index (χ2n) is 6.51. The highest BCUT2D eigenvalue weighted by atomic mass is 32.1. The number of piperazine rings is 1. The number of carbonyl (C=O) groups is 1. The Hall–Kier alpha value is -2.80. The predicted octanol–water partition coefficient (Wildman–Crippen LogP) is 2.79. The summed E-state index contributed by atoms with van der Waals surface area (Å²) in [6.07, 6.45) is 4.25. The zero-order valence-electron chi connectivity index (χ0n) is 15.2. The number of amides is 1. The molecule has 1 saturated heterocycles. The molecular weight excluding hydrogens is 358 g/mol. The number of aryl methyl sites for hydroxylation is 1. The van der Waals surface area contributed by atoms with Crippen LogP contribution < -0.4 is 4.90 Å². The van der Waals surface area contributed by atoms with Crippen LogP contribution in [-0.2, 0) is 6.42 Å². The normalized spacial score (nSPS) is 14.4. The van der Waals surface area contributed by atoms with Crippen molar-refractivity contribution in [3.8, 4) is 0 Å². The fourth-order valence-electron chi connectivity index (χ4n) is 3.20. The van der Waals surface area contributed by atoms with Crippen molar-refractivity contribution in [2.75, 3.05) is 31.1 Å². The minimum absolute atomic E-state index is 0.0814. The largest absolute Gasteiger partial charge is 0.337 e. The average Bonchev–Trinajstić information content (AvgIpc) is 3.09. The third-order valence-corrected chi connectivity index (χ3v) is 5.78. The van der Waals surface area contributed by atoms with Crippen LogP contribution in [0.25, 0.3) is 0 Å². The summed E-state index contributed by atoms with van der Waals surface area (Å²) in [6.45, 7) is 4.74. The number of anilines is 1. The van der Waals surface area contributed by atoms with Crippen LogP contribution in [0.4, 0.5) is 5.95 Å². The topological polar surface area (TPSA) is 62.2 Å². The highest BCUT2D eigenvalue weighted by Crippen LogP contribution is 2.23. The lowest BCUT2D eigenvalue weighted by Crippen LogP contribution is -2.49. The van der Waals surface area contributed by atoms with Crippen LogP contribution in [0.15, 0.2) is 48.8 Å². The van der Waals surface area contributed by atoms with E-state index < -0.39 is 0 Å². The monoisotopic (exact) mass is 379 g/mol. The maximum absolute atomic E-state index is 13.0. The van der Waals surface area contributed by atoms with E-state index in [1.807, 2.05) is 36.1 Å². The molecule has 2 aromatic heterocycles. The summed E-state index contributed by atoms with van der Waals surface area (Å²) in [4.78, 5) is 31.0. The van der Waals surface area contributed by atoms with Crippen LogP contribution in [0.5, 0.6) is 0 Å². The lowest BCUT2D eigenvalue weighted by molar-refractivity contribution is 0.0750. The van der Waals surface area contributed by atoms with Crippen molar-refractivity contribution >= 4 is 23.2 Å². The van der Waals surface area contributed by atoms with Gasteiger partial charge in [0.15, 0.2) is 0 Å². The Kier molecular flexibility index (Phi) is 5.11. The molecule has 1 aromatic carbocycles. The fraction of sp³-hybridized carbons (Fsp3) is 0.300. The van der Waals surface area contributed by atoms with Crippen molar-refractivity contribution in [3.05, 3.63) is 69.9 Å². The maximum Gasteiger partial charge on any atom is 0.265 e. The van der Waals surface area contributed by atoms with E-state index in [2.05, 4.69) is 32.0 Å². The number of aromatic nitrogens is 3. The van der Waals surface area contributed by atoms with Crippen molar-refractivity contribution in [2.24, 2.45) is 0 Å². The lowest BCUT2D eigenvalue weighted by Gasteiger charge is -2.34. The van der Waals surface area contributed by atoms with Crippen LogP contribution in [-0.4, -0.2) is 51.9 Å². The number of carbonyl (C=O) groups excluding carboxylic acids is 1. The second kappa shape index (κ2) is 7.84. The molecule has 0 bridgehead atoms. The quantitative estimate of drug-likeness (QED) is 0.698. The maximum atomic E-state index is 13.0. The minimum Gasteiger partial charge on any atom is -0.337 e. The molecule has 4 rings (SSSR count). The van der Waals surface area contributed by atoms with Crippen molar-refractivity contribution in [1.82, 2.24) is 19.9 Å². The van der Waals surface area contributed by atoms with Crippen molar-refractivity contribution in [3.63, 3.8) is 0 Å². The zero-order valence-corrected chi connectivity index (χ0v) is 16.0. The summed E-state index contributed by atoms with van der Waals surface area (Å²) in [5, 5.41) is 0.985. The summed E-state index contributed by atoms with van der Waals surface area (Å²) in [5.41, 5.74) is 2.03. The molecule has 0 unspecified atom stereocenters. The Balaban J connectivity index is 1.41. The number of hydrogen-bond acceptors (Lipinski definition) is 6. The van der Waals surface area contributed by atoms with Gasteiger partial charge in [-0.2, -0.15) is 0 Å². The Morgan fingerprint density at radius 2 is 1.74 bits per heavy atom. The summed E-state index contributed by atoms with van der Waals surface area (Å²) < 4.78 is 0. The molecule has 6 nitrogen and oxygen atoms in total. The highest BCUT2D eigenvalue weighted by Gasteiger charge is 2.26. The molecule has 0 atom stereocenters. The molecule has 1 aliphatic rings. The summed E-state index contributed by atoms with van der Waals surface area (Å²) >= 11 is 1.51. The van der Waals surface area contributed by atoms with E-state index in [0.29, 0.717) is 13.1 Å². The summed E-state index contributed by atoms with van der Waals surface area (Å²) in [5.74, 6) is 0.807. The van der Waals surface area contributed by atoms with E-state index in [9.17, 15) is 4.79 Å². The van der Waals surface area contributed by atoms with E-state index in [1.165, 1.54) is 16.9 Å². The summed E-state index contributed by atoms with van der Waals surface area (Å²) in [6, 6.07) is 12.0. The summed E-state index contributed by atoms with van der Waals surface area (Å²) in [7, 11) is 0. The number of hydrogen-bond donors (Lipinski definition) is 0. The van der Waals surface area contributed by atoms with Gasteiger partial charge in [-0.25, -0.2) is 15.0 Å². The molecule has 1 aliphatic heterocycles. The number of benzene rings is 1. The van der Waals surface area contributed by atoms with Crippen LogP contribution in [0.3, 0.4) is 0 Å². The highest BCUT2D eigenvalue weighted by molar-refractivity contribution is 7.13. The molecule has 27 heavy (non-hydrogen) atoms. The molecule has 0 aliphatic carbocycles. The third-order valence-electron chi connectivity index (χ3n) is 4.64. The standard InChI is InChI=1S/C20H21N5OS/c1-15-18(27-17(23-15)14-16-6-3-2-4-7-16)19(26)24-10-12-25(13-11-24)20-21-8-5-9-22-20/h2-9H,10-14H2,1H3. The smallest absolute Gasteiger partial charge is 0.265 e. The van der Waals surface area contributed by atoms with Crippen molar-refractivity contribution < 1.29 is 4.79 Å². The Morgan fingerprint density at radius 3 is 2.44 bits per heavy atom. The Labute approximate surface area is 162 Å². The first-order chi connectivity index (χ1) is 13.2. The molecular formula is C20H21N5OS. The van der Waals surface area contributed by atoms with Crippen molar-refractivity contribution in [2.45, 2.75) is 13.3 Å². The first kappa shape index (κ1) is 17.6. The Morgan fingerprint density at radius 1 is 1.04 bits per heavy atom. The van der Waals surface area contributed by atoms with Gasteiger partial charge in [-0.05, 0) is 18.6 Å². The zero-order chi connectivity index (χ0) is 18.6. The van der Waals surface area contributed by atoms with Crippen LogP contribution in [0.1, 0.15) is 25.9 Å². The van der Waals surface area contributed by atoms with Gasteiger partial charge in [0.2, 0.25) is 5.95 Å². The van der Waals surface area contributed by atoms with Gasteiger partial charge in [0.25, 0.3) is 5.91 Å². The van der Waals surface area contributed by atoms with E-state index in [4.69, 9.17) is 0 Å². The molecule has 138 valence electrons. The molecule has 1 amide bonds. The molecule has 3 aromatic rings. The number of nitrogens with zero attached hydrogens (tertiary/aromatic N) is 5. The van der Waals surface area contributed by atoms with Crippen LogP contribution in [0.2, 0.25) is 0 Å². The molecule has 0 N–H and O–H groups in total. The molecule has 0 radical (unpaired) electrons. The number of thiazole rings is 1. The average molecular weight is 379 g/mol. The van der Waals surface area contributed by atoms with E-state index in [0.717, 1.165) is 41.0 Å². The van der Waals surface area contributed by atoms with Crippen molar-refractivity contribution in [1.29, 1.82) is 0 Å². The first-order valence-electron chi connectivity index (χ1n) is 9.02. The molecule has 0 spiro atoms. The van der Waals surface area contributed by atoms with Gasteiger partial charge in [-0.3, -0.25) is 4.79 Å². The van der Waals surface area contributed by atoms with Gasteiger partial charge in [-0.15, -0.1) is 11.3 Å². The van der Waals surface area contributed by atoms with Gasteiger partial charge >= 0.3 is 0 Å². The first-order valence-corrected chi connectivity index (χ1v) is 9.84. The minimum atomic E-state index is 0.0814. The molecule has 7 heteroatoms. The van der Waals surface area contributed by atoms with E-state index in [1.54, 1.807) is 12.4 Å². The molecule has 3 heterocycles. The van der Waals surface area contributed by atoms with Gasteiger partial charge in [0, 0.05) is 45.0 Å². The van der Waals surface area contributed by atoms with Gasteiger partial charge in [0.05, 0.1) is 10.7 Å². The molecule has 1 fully saturated rings. The predicted molar refractivity (Wildman–Crippen MR) is 106 cm³/mol. The second-order valence-corrected chi connectivity index (χ2v) is 7.60. The Bertz CT molecular complexity index is 905. The van der Waals surface area contributed by atoms with E-state index >= 15 is 0 Å². The van der Waals surface area contributed by atoms with Gasteiger partial charge in [0.1, 0.15) is 4.88 Å². The number of rotatable bonds is 4. The fourth-order valence-corrected chi connectivity index (χ4v) is 4.27.